The van der Waals surface area contributed by atoms with E-state index >= 15 is 0 Å². The predicted molar refractivity (Wildman–Crippen MR) is 98.7 cm³/mol. The highest BCUT2D eigenvalue weighted by Crippen LogP contribution is 2.36. The van der Waals surface area contributed by atoms with Crippen LogP contribution < -0.4 is 4.74 Å². The molecule has 0 spiro atoms. The quantitative estimate of drug-likeness (QED) is 0.464. The Bertz CT molecular complexity index is 1010. The fourth-order valence-corrected chi connectivity index (χ4v) is 4.79. The van der Waals surface area contributed by atoms with Gasteiger partial charge in [-0.25, -0.2) is 9.37 Å². The molecule has 2 nitrogen and oxygen atoms in total. The highest BCUT2D eigenvalue weighted by molar-refractivity contribution is 7.19. The summed E-state index contributed by atoms with van der Waals surface area (Å²) in [6, 6.07) is 17.3. The van der Waals surface area contributed by atoms with Crippen LogP contribution in [0.1, 0.15) is 9.88 Å². The number of nitrogens with zero attached hydrogens (tertiary/aromatic N) is 1. The second-order valence-corrected chi connectivity index (χ2v) is 7.62. The van der Waals surface area contributed by atoms with E-state index in [1.165, 1.54) is 10.9 Å². The number of hydrogen-bond donors (Lipinski definition) is 0. The minimum atomic E-state index is -0.254. The summed E-state index contributed by atoms with van der Waals surface area (Å²) in [4.78, 5) is 6.81. The van der Waals surface area contributed by atoms with Gasteiger partial charge in [-0.15, -0.1) is 22.7 Å². The SMILES string of the molecule is COc1ccccc1-c1ccc(Cc2nc3c(F)cccc3s2)s1. The summed E-state index contributed by atoms with van der Waals surface area (Å²) in [6.07, 6.45) is 0.721. The average molecular weight is 355 g/mol. The molecule has 0 bridgehead atoms. The lowest BCUT2D eigenvalue weighted by Crippen LogP contribution is -1.85. The number of thiazole rings is 1. The fraction of sp³-hybridized carbons (Fsp3) is 0.105. The first-order chi connectivity index (χ1) is 11.7. The highest BCUT2D eigenvalue weighted by Gasteiger charge is 2.12. The fourth-order valence-electron chi connectivity index (χ4n) is 2.65. The molecule has 0 aliphatic rings. The summed E-state index contributed by atoms with van der Waals surface area (Å²) in [5.41, 5.74) is 1.56. The van der Waals surface area contributed by atoms with E-state index in [2.05, 4.69) is 23.2 Å². The average Bonchev–Trinajstić information content (AvgIpc) is 3.22. The van der Waals surface area contributed by atoms with Gasteiger partial charge in [0.25, 0.3) is 0 Å². The van der Waals surface area contributed by atoms with E-state index in [4.69, 9.17) is 4.74 Å². The molecule has 2 aromatic carbocycles. The maximum Gasteiger partial charge on any atom is 0.150 e. The smallest absolute Gasteiger partial charge is 0.150 e. The van der Waals surface area contributed by atoms with E-state index < -0.39 is 0 Å². The van der Waals surface area contributed by atoms with Crippen molar-refractivity contribution in [1.82, 2.24) is 4.98 Å². The van der Waals surface area contributed by atoms with Crippen LogP contribution in [0.5, 0.6) is 5.75 Å². The van der Waals surface area contributed by atoms with Crippen LogP contribution in [0.25, 0.3) is 20.7 Å². The molecule has 120 valence electrons. The van der Waals surface area contributed by atoms with Gasteiger partial charge < -0.3 is 4.74 Å². The van der Waals surface area contributed by atoms with Crippen LogP contribution in [-0.2, 0) is 6.42 Å². The Morgan fingerprint density at radius 3 is 2.71 bits per heavy atom. The maximum atomic E-state index is 13.8. The molecule has 0 N–H and O–H groups in total. The van der Waals surface area contributed by atoms with Gasteiger partial charge in [0.2, 0.25) is 0 Å². The van der Waals surface area contributed by atoms with Gasteiger partial charge in [-0.05, 0) is 36.4 Å². The van der Waals surface area contributed by atoms with Crippen LogP contribution in [0.3, 0.4) is 0 Å². The van der Waals surface area contributed by atoms with Crippen molar-refractivity contribution < 1.29 is 9.13 Å². The van der Waals surface area contributed by atoms with E-state index in [1.54, 1.807) is 35.8 Å². The number of aromatic nitrogens is 1. The van der Waals surface area contributed by atoms with Crippen molar-refractivity contribution in [2.24, 2.45) is 0 Å². The molecule has 0 saturated carbocycles. The van der Waals surface area contributed by atoms with Gasteiger partial charge in [0.15, 0.2) is 0 Å². The molecular formula is C19H14FNOS2. The number of halogens is 1. The van der Waals surface area contributed by atoms with Gasteiger partial charge in [-0.1, -0.05) is 18.2 Å². The number of fused-ring (bicyclic) bond motifs is 1. The van der Waals surface area contributed by atoms with E-state index in [-0.39, 0.29) is 5.82 Å². The van der Waals surface area contributed by atoms with E-state index in [9.17, 15) is 4.39 Å². The maximum absolute atomic E-state index is 13.8. The Kier molecular flexibility index (Phi) is 4.04. The van der Waals surface area contributed by atoms with Crippen LogP contribution in [0.2, 0.25) is 0 Å². The zero-order valence-electron chi connectivity index (χ0n) is 13.0. The summed E-state index contributed by atoms with van der Waals surface area (Å²) >= 11 is 3.27. The highest BCUT2D eigenvalue weighted by atomic mass is 32.1. The Morgan fingerprint density at radius 2 is 1.88 bits per heavy atom. The molecule has 0 aliphatic heterocycles. The zero-order chi connectivity index (χ0) is 16.5. The molecule has 0 atom stereocenters. The normalized spacial score (nSPS) is 11.1. The van der Waals surface area contributed by atoms with Gasteiger partial charge in [-0.3, -0.25) is 0 Å². The van der Waals surface area contributed by atoms with E-state index in [0.717, 1.165) is 32.3 Å². The largest absolute Gasteiger partial charge is 0.496 e. The third-order valence-electron chi connectivity index (χ3n) is 3.77. The lowest BCUT2D eigenvalue weighted by atomic mass is 10.1. The minimum Gasteiger partial charge on any atom is -0.496 e. The van der Waals surface area contributed by atoms with Crippen molar-refractivity contribution >= 4 is 32.9 Å². The van der Waals surface area contributed by atoms with Crippen molar-refractivity contribution in [3.05, 3.63) is 70.3 Å². The van der Waals surface area contributed by atoms with Crippen molar-refractivity contribution in [3.63, 3.8) is 0 Å². The molecule has 4 aromatic rings. The lowest BCUT2D eigenvalue weighted by molar-refractivity contribution is 0.416. The molecule has 0 radical (unpaired) electrons. The molecule has 2 heterocycles. The third kappa shape index (κ3) is 2.81. The number of methoxy groups -OCH3 is 1. The van der Waals surface area contributed by atoms with Gasteiger partial charge in [0.05, 0.1) is 16.8 Å². The molecular weight excluding hydrogens is 341 g/mol. The van der Waals surface area contributed by atoms with E-state index in [1.807, 2.05) is 24.3 Å². The van der Waals surface area contributed by atoms with Crippen LogP contribution in [0.4, 0.5) is 4.39 Å². The Morgan fingerprint density at radius 1 is 1.00 bits per heavy atom. The summed E-state index contributed by atoms with van der Waals surface area (Å²) in [5.74, 6) is 0.615. The Hall–Kier alpha value is -2.24. The van der Waals surface area contributed by atoms with Crippen LogP contribution in [0, 0.1) is 5.82 Å². The summed E-state index contributed by atoms with van der Waals surface area (Å²) in [5, 5.41) is 0.934. The molecule has 0 saturated heterocycles. The molecule has 0 unspecified atom stereocenters. The van der Waals surface area contributed by atoms with Crippen molar-refractivity contribution in [2.45, 2.75) is 6.42 Å². The Labute approximate surface area is 147 Å². The third-order valence-corrected chi connectivity index (χ3v) is 5.91. The topological polar surface area (TPSA) is 22.1 Å². The first-order valence-corrected chi connectivity index (χ1v) is 9.14. The number of hydrogen-bond acceptors (Lipinski definition) is 4. The van der Waals surface area contributed by atoms with Crippen molar-refractivity contribution in [1.29, 1.82) is 0 Å². The van der Waals surface area contributed by atoms with Gasteiger partial charge in [0, 0.05) is 21.7 Å². The molecule has 0 aliphatic carbocycles. The van der Waals surface area contributed by atoms with Gasteiger partial charge in [0.1, 0.15) is 17.1 Å². The summed E-state index contributed by atoms with van der Waals surface area (Å²) in [6.45, 7) is 0. The number of para-hydroxylation sites is 2. The van der Waals surface area contributed by atoms with Gasteiger partial charge in [-0.2, -0.15) is 0 Å². The number of ether oxygens (including phenoxy) is 1. The number of rotatable bonds is 4. The second kappa shape index (κ2) is 6.34. The Balaban J connectivity index is 1.64. The molecule has 2 aromatic heterocycles. The van der Waals surface area contributed by atoms with Gasteiger partial charge >= 0.3 is 0 Å². The standard InChI is InChI=1S/C19H14FNOS2/c1-22-15-7-3-2-5-13(15)16-10-9-12(23-16)11-18-21-19-14(20)6-4-8-17(19)24-18/h2-10H,11H2,1H3. The molecule has 0 amide bonds. The first kappa shape index (κ1) is 15.3. The monoisotopic (exact) mass is 355 g/mol. The molecule has 0 fully saturated rings. The number of thiophene rings is 1. The van der Waals surface area contributed by atoms with Crippen molar-refractivity contribution in [2.75, 3.05) is 7.11 Å². The van der Waals surface area contributed by atoms with Crippen molar-refractivity contribution in [3.8, 4) is 16.2 Å². The number of benzene rings is 2. The predicted octanol–water partition coefficient (Wildman–Crippen LogP) is 5.76. The summed E-state index contributed by atoms with van der Waals surface area (Å²) < 4.78 is 20.1. The second-order valence-electron chi connectivity index (χ2n) is 5.34. The van der Waals surface area contributed by atoms with E-state index in [0.29, 0.717) is 5.52 Å². The van der Waals surface area contributed by atoms with Crippen LogP contribution in [-0.4, -0.2) is 12.1 Å². The zero-order valence-corrected chi connectivity index (χ0v) is 14.6. The molecule has 5 heteroatoms. The molecule has 24 heavy (non-hydrogen) atoms. The first-order valence-electron chi connectivity index (χ1n) is 7.50. The molecule has 4 rings (SSSR count). The minimum absolute atomic E-state index is 0.254. The lowest BCUT2D eigenvalue weighted by Gasteiger charge is -2.05. The summed E-state index contributed by atoms with van der Waals surface area (Å²) in [7, 11) is 1.68. The van der Waals surface area contributed by atoms with Crippen LogP contribution in [0.15, 0.2) is 54.6 Å². The van der Waals surface area contributed by atoms with Crippen LogP contribution >= 0.6 is 22.7 Å².